The van der Waals surface area contributed by atoms with Crippen LogP contribution in [0.15, 0.2) is 48.5 Å². The second-order valence-corrected chi connectivity index (χ2v) is 8.86. The van der Waals surface area contributed by atoms with E-state index in [9.17, 15) is 22.8 Å². The number of hydrogen-bond donors (Lipinski definition) is 1. The van der Waals surface area contributed by atoms with Gasteiger partial charge in [-0.1, -0.05) is 37.3 Å². The molecule has 35 heavy (non-hydrogen) atoms. The summed E-state index contributed by atoms with van der Waals surface area (Å²) in [6, 6.07) is 13.4. The van der Waals surface area contributed by atoms with Crippen LogP contribution in [-0.2, 0) is 33.5 Å². The number of hydrogen-bond acceptors (Lipinski definition) is 4. The lowest BCUT2D eigenvalue weighted by Gasteiger charge is -2.33. The summed E-state index contributed by atoms with van der Waals surface area (Å²) in [5.74, 6) is -0.750. The van der Waals surface area contributed by atoms with Gasteiger partial charge in [-0.25, -0.2) is 0 Å². The van der Waals surface area contributed by atoms with Crippen LogP contribution >= 0.6 is 0 Å². The van der Waals surface area contributed by atoms with E-state index in [1.807, 2.05) is 31.2 Å². The first-order valence-corrected chi connectivity index (χ1v) is 12.2. The van der Waals surface area contributed by atoms with Gasteiger partial charge in [-0.15, -0.1) is 0 Å². The summed E-state index contributed by atoms with van der Waals surface area (Å²) >= 11 is 0. The van der Waals surface area contributed by atoms with Crippen molar-refractivity contribution in [3.05, 3.63) is 65.2 Å². The number of benzene rings is 2. The first-order valence-electron chi connectivity index (χ1n) is 12.2. The topological polar surface area (TPSA) is 58.6 Å². The number of esters is 1. The number of carbonyl (C=O) groups is 2. The third-order valence-electron chi connectivity index (χ3n) is 6.54. The van der Waals surface area contributed by atoms with Crippen molar-refractivity contribution < 1.29 is 27.5 Å². The van der Waals surface area contributed by atoms with Crippen molar-refractivity contribution in [1.29, 1.82) is 0 Å². The quantitative estimate of drug-likeness (QED) is 0.480. The maximum atomic E-state index is 13.2. The second-order valence-electron chi connectivity index (χ2n) is 8.86. The van der Waals surface area contributed by atoms with E-state index in [0.717, 1.165) is 23.7 Å². The molecule has 5 nitrogen and oxygen atoms in total. The lowest BCUT2D eigenvalue weighted by molar-refractivity contribution is -0.148. The van der Waals surface area contributed by atoms with E-state index in [2.05, 4.69) is 10.2 Å². The molecule has 0 radical (unpaired) electrons. The highest BCUT2D eigenvalue weighted by Gasteiger charge is 2.33. The van der Waals surface area contributed by atoms with E-state index in [0.29, 0.717) is 39.0 Å². The minimum absolute atomic E-state index is 0.0687. The average molecular weight is 491 g/mol. The molecular weight excluding hydrogens is 457 g/mol. The SMILES string of the molecule is CCOC(=O)C(CC)Cc1ccc(N2CCC(C(=O)NCc3ccccc3C(F)(F)F)CC2)cc1. The molecule has 190 valence electrons. The lowest BCUT2D eigenvalue weighted by atomic mass is 9.94. The zero-order valence-corrected chi connectivity index (χ0v) is 20.2. The van der Waals surface area contributed by atoms with Gasteiger partial charge in [0.05, 0.1) is 18.1 Å². The first kappa shape index (κ1) is 26.6. The van der Waals surface area contributed by atoms with E-state index in [4.69, 9.17) is 4.74 Å². The van der Waals surface area contributed by atoms with Crippen LogP contribution in [0.25, 0.3) is 0 Å². The number of amides is 1. The zero-order valence-electron chi connectivity index (χ0n) is 20.2. The Morgan fingerprint density at radius 3 is 2.31 bits per heavy atom. The van der Waals surface area contributed by atoms with Gasteiger partial charge in [-0.3, -0.25) is 9.59 Å². The molecule has 1 aliphatic heterocycles. The van der Waals surface area contributed by atoms with Crippen LogP contribution in [0.2, 0.25) is 0 Å². The number of carbonyl (C=O) groups excluding carboxylic acids is 2. The number of ether oxygens (including phenoxy) is 1. The van der Waals surface area contributed by atoms with Crippen LogP contribution in [0.4, 0.5) is 18.9 Å². The minimum Gasteiger partial charge on any atom is -0.466 e. The van der Waals surface area contributed by atoms with E-state index < -0.39 is 11.7 Å². The van der Waals surface area contributed by atoms with Crippen LogP contribution < -0.4 is 10.2 Å². The summed E-state index contributed by atoms with van der Waals surface area (Å²) < 4.78 is 44.6. The highest BCUT2D eigenvalue weighted by atomic mass is 19.4. The second kappa shape index (κ2) is 12.1. The van der Waals surface area contributed by atoms with Gasteiger partial charge >= 0.3 is 12.1 Å². The molecule has 0 spiro atoms. The Hall–Kier alpha value is -3.03. The Bertz CT molecular complexity index is 984. The Balaban J connectivity index is 1.50. The highest BCUT2D eigenvalue weighted by molar-refractivity contribution is 5.79. The van der Waals surface area contributed by atoms with Crippen molar-refractivity contribution in [3.63, 3.8) is 0 Å². The third-order valence-corrected chi connectivity index (χ3v) is 6.54. The van der Waals surface area contributed by atoms with Crippen molar-refractivity contribution in [1.82, 2.24) is 5.32 Å². The Morgan fingerprint density at radius 1 is 1.06 bits per heavy atom. The molecule has 1 amide bonds. The molecule has 1 N–H and O–H groups in total. The fourth-order valence-corrected chi connectivity index (χ4v) is 4.46. The van der Waals surface area contributed by atoms with Crippen LogP contribution in [0.5, 0.6) is 0 Å². The van der Waals surface area contributed by atoms with Gasteiger partial charge in [0.2, 0.25) is 5.91 Å². The monoisotopic (exact) mass is 490 g/mol. The molecular formula is C27H33F3N2O3. The van der Waals surface area contributed by atoms with Crippen LogP contribution in [0.3, 0.4) is 0 Å². The van der Waals surface area contributed by atoms with E-state index in [1.54, 1.807) is 13.0 Å². The van der Waals surface area contributed by atoms with Gasteiger partial charge in [0.1, 0.15) is 0 Å². The van der Waals surface area contributed by atoms with Gasteiger partial charge in [0.15, 0.2) is 0 Å². The van der Waals surface area contributed by atoms with Gasteiger partial charge in [0, 0.05) is 31.2 Å². The number of rotatable bonds is 9. The van der Waals surface area contributed by atoms with Gasteiger partial charge < -0.3 is 15.0 Å². The summed E-state index contributed by atoms with van der Waals surface area (Å²) in [4.78, 5) is 26.9. The molecule has 0 aromatic heterocycles. The highest BCUT2D eigenvalue weighted by Crippen LogP contribution is 2.32. The molecule has 2 aromatic carbocycles. The normalized spacial score (nSPS) is 15.5. The van der Waals surface area contributed by atoms with Gasteiger partial charge in [0.25, 0.3) is 0 Å². The standard InChI is InChI=1S/C27H33F3N2O3/c1-3-20(26(34)35-4-2)17-19-9-11-23(12-10-19)32-15-13-21(14-16-32)25(33)31-18-22-7-5-6-8-24(22)27(28,29)30/h5-12,20-21H,3-4,13-18H2,1-2H3,(H,31,33). The Morgan fingerprint density at radius 2 is 1.71 bits per heavy atom. The maximum Gasteiger partial charge on any atom is 0.416 e. The zero-order chi connectivity index (χ0) is 25.4. The summed E-state index contributed by atoms with van der Waals surface area (Å²) in [7, 11) is 0. The van der Waals surface area contributed by atoms with Crippen molar-refractivity contribution in [2.45, 2.75) is 52.3 Å². The molecule has 1 unspecified atom stereocenters. The molecule has 8 heteroatoms. The third kappa shape index (κ3) is 7.23. The van der Waals surface area contributed by atoms with Gasteiger partial charge in [-0.05, 0) is 61.9 Å². The number of piperidine rings is 1. The van der Waals surface area contributed by atoms with Gasteiger partial charge in [-0.2, -0.15) is 13.2 Å². The summed E-state index contributed by atoms with van der Waals surface area (Å²) in [5.41, 5.74) is 1.48. The number of nitrogens with zero attached hydrogens (tertiary/aromatic N) is 1. The smallest absolute Gasteiger partial charge is 0.416 e. The number of alkyl halides is 3. The van der Waals surface area contributed by atoms with Crippen LogP contribution in [0, 0.1) is 11.8 Å². The molecule has 1 aliphatic rings. The van der Waals surface area contributed by atoms with E-state index >= 15 is 0 Å². The predicted octanol–water partition coefficient (Wildman–Crippen LogP) is 5.37. The van der Waals surface area contributed by atoms with E-state index in [1.165, 1.54) is 12.1 Å². The Labute approximate surface area is 204 Å². The number of nitrogens with one attached hydrogen (secondary N) is 1. The maximum absolute atomic E-state index is 13.2. The summed E-state index contributed by atoms with van der Waals surface area (Å²) in [6.45, 7) is 5.41. The molecule has 3 rings (SSSR count). The molecule has 0 bridgehead atoms. The fourth-order valence-electron chi connectivity index (χ4n) is 4.46. The Kier molecular flexibility index (Phi) is 9.18. The molecule has 2 aromatic rings. The predicted molar refractivity (Wildman–Crippen MR) is 129 cm³/mol. The molecule has 0 aliphatic carbocycles. The number of halogens is 3. The van der Waals surface area contributed by atoms with Crippen LogP contribution in [0.1, 0.15) is 49.8 Å². The largest absolute Gasteiger partial charge is 0.466 e. The van der Waals surface area contributed by atoms with Crippen molar-refractivity contribution in [2.75, 3.05) is 24.6 Å². The molecule has 1 heterocycles. The average Bonchev–Trinajstić information content (AvgIpc) is 2.86. The summed E-state index contributed by atoms with van der Waals surface area (Å²) in [6.07, 6.45) is -1.82. The molecule has 1 atom stereocenters. The fraction of sp³-hybridized carbons (Fsp3) is 0.481. The van der Waals surface area contributed by atoms with Crippen molar-refractivity contribution in [2.24, 2.45) is 11.8 Å². The number of anilines is 1. The van der Waals surface area contributed by atoms with Crippen LogP contribution in [-0.4, -0.2) is 31.6 Å². The summed E-state index contributed by atoms with van der Waals surface area (Å²) in [5, 5.41) is 2.69. The first-order chi connectivity index (χ1) is 16.7. The van der Waals surface area contributed by atoms with E-state index in [-0.39, 0.29) is 35.8 Å². The molecule has 1 fully saturated rings. The molecule has 1 saturated heterocycles. The van der Waals surface area contributed by atoms with Crippen molar-refractivity contribution in [3.8, 4) is 0 Å². The molecule has 0 saturated carbocycles. The lowest BCUT2D eigenvalue weighted by Crippen LogP contribution is -2.40. The minimum atomic E-state index is -4.45. The van der Waals surface area contributed by atoms with Crippen molar-refractivity contribution >= 4 is 17.6 Å².